The molecule has 31 heavy (non-hydrogen) atoms. The summed E-state index contributed by atoms with van der Waals surface area (Å²) < 4.78 is 0. The van der Waals surface area contributed by atoms with Crippen molar-refractivity contribution in [1.82, 2.24) is 10.2 Å². The molecule has 2 aromatic rings. The minimum Gasteiger partial charge on any atom is -0.353 e. The number of carbonyl (C=O) groups is 2. The average molecular weight is 440 g/mol. The third-order valence-corrected chi connectivity index (χ3v) is 6.78. The van der Waals surface area contributed by atoms with Crippen LogP contribution in [0.1, 0.15) is 43.2 Å². The Balaban J connectivity index is 1.32. The summed E-state index contributed by atoms with van der Waals surface area (Å²) in [7, 11) is 0. The fourth-order valence-electron chi connectivity index (χ4n) is 4.94. The molecular weight excluding hydrogens is 410 g/mol. The van der Waals surface area contributed by atoms with Crippen molar-refractivity contribution in [3.63, 3.8) is 0 Å². The zero-order valence-corrected chi connectivity index (χ0v) is 18.7. The van der Waals surface area contributed by atoms with Crippen LogP contribution in [0.3, 0.4) is 0 Å². The number of hydrogen-bond donors (Lipinski definition) is 2. The number of aryl methyl sites for hydroxylation is 1. The second-order valence-electron chi connectivity index (χ2n) is 8.84. The second kappa shape index (κ2) is 9.84. The lowest BCUT2D eigenvalue weighted by atomic mass is 9.81. The summed E-state index contributed by atoms with van der Waals surface area (Å²) in [5.74, 6) is 0.0451. The van der Waals surface area contributed by atoms with E-state index in [4.69, 9.17) is 11.6 Å². The van der Waals surface area contributed by atoms with Gasteiger partial charge in [0.1, 0.15) is 0 Å². The van der Waals surface area contributed by atoms with Crippen molar-refractivity contribution in [2.24, 2.45) is 0 Å². The molecule has 6 heteroatoms. The molecule has 2 aliphatic rings. The van der Waals surface area contributed by atoms with Gasteiger partial charge in [-0.05, 0) is 50.3 Å². The number of rotatable bonds is 6. The van der Waals surface area contributed by atoms with E-state index < -0.39 is 0 Å². The van der Waals surface area contributed by atoms with Crippen molar-refractivity contribution in [1.29, 1.82) is 0 Å². The van der Waals surface area contributed by atoms with E-state index in [2.05, 4.69) is 15.5 Å². The van der Waals surface area contributed by atoms with Gasteiger partial charge in [0, 0.05) is 18.1 Å². The molecule has 2 aromatic carbocycles. The van der Waals surface area contributed by atoms with E-state index in [1.807, 2.05) is 49.4 Å². The molecule has 0 radical (unpaired) electrons. The van der Waals surface area contributed by atoms with Gasteiger partial charge in [0.05, 0.1) is 23.7 Å². The lowest BCUT2D eigenvalue weighted by Crippen LogP contribution is -2.58. The largest absolute Gasteiger partial charge is 0.353 e. The number of para-hydroxylation sites is 1. The molecule has 2 fully saturated rings. The lowest BCUT2D eigenvalue weighted by Gasteiger charge is -2.48. The fraction of sp³-hybridized carbons (Fsp3) is 0.440. The number of fused-ring (bicyclic) bond motifs is 2. The van der Waals surface area contributed by atoms with Crippen LogP contribution >= 0.6 is 11.6 Å². The predicted molar refractivity (Wildman–Crippen MR) is 124 cm³/mol. The molecule has 2 saturated heterocycles. The van der Waals surface area contributed by atoms with E-state index in [0.29, 0.717) is 35.8 Å². The Morgan fingerprint density at radius 3 is 2.35 bits per heavy atom. The predicted octanol–water partition coefficient (Wildman–Crippen LogP) is 4.33. The monoisotopic (exact) mass is 439 g/mol. The molecule has 2 amide bonds. The second-order valence-corrected chi connectivity index (χ2v) is 9.24. The van der Waals surface area contributed by atoms with E-state index in [9.17, 15) is 9.59 Å². The van der Waals surface area contributed by atoms with Gasteiger partial charge < -0.3 is 10.6 Å². The highest BCUT2D eigenvalue weighted by Gasteiger charge is 2.39. The number of hydrogen-bond acceptors (Lipinski definition) is 3. The number of amides is 2. The molecule has 2 atom stereocenters. The zero-order valence-electron chi connectivity index (χ0n) is 17.9. The van der Waals surface area contributed by atoms with Gasteiger partial charge in [0.2, 0.25) is 11.8 Å². The molecule has 2 heterocycles. The number of benzene rings is 2. The molecule has 0 aliphatic carbocycles. The number of nitrogens with zero attached hydrogens (tertiary/aromatic N) is 1. The van der Waals surface area contributed by atoms with E-state index in [-0.39, 0.29) is 17.9 Å². The highest BCUT2D eigenvalue weighted by atomic mass is 35.5. The maximum atomic E-state index is 12.7. The van der Waals surface area contributed by atoms with E-state index >= 15 is 0 Å². The first-order chi connectivity index (χ1) is 15.0. The molecule has 5 nitrogen and oxygen atoms in total. The van der Waals surface area contributed by atoms with Crippen LogP contribution in [0.4, 0.5) is 5.69 Å². The molecular formula is C25H30ClN3O2. The Bertz CT molecular complexity index is 917. The maximum absolute atomic E-state index is 12.7. The minimum atomic E-state index is -0.0353. The molecule has 2 unspecified atom stereocenters. The van der Waals surface area contributed by atoms with Gasteiger partial charge >= 0.3 is 0 Å². The van der Waals surface area contributed by atoms with Gasteiger partial charge in [-0.2, -0.15) is 0 Å². The minimum absolute atomic E-state index is 0.0353. The molecule has 164 valence electrons. The van der Waals surface area contributed by atoms with Gasteiger partial charge in [-0.1, -0.05) is 60.0 Å². The summed E-state index contributed by atoms with van der Waals surface area (Å²) in [6.45, 7) is 2.41. The van der Waals surface area contributed by atoms with E-state index in [1.54, 1.807) is 6.07 Å². The quantitative estimate of drug-likeness (QED) is 0.704. The van der Waals surface area contributed by atoms with Crippen LogP contribution in [-0.4, -0.2) is 41.4 Å². The van der Waals surface area contributed by atoms with Crippen LogP contribution in [0.15, 0.2) is 48.5 Å². The van der Waals surface area contributed by atoms with Gasteiger partial charge in [-0.25, -0.2) is 0 Å². The summed E-state index contributed by atoms with van der Waals surface area (Å²) in [5.41, 5.74) is 2.89. The van der Waals surface area contributed by atoms with Crippen LogP contribution in [0, 0.1) is 6.92 Å². The number of nitrogens with one attached hydrogen (secondary N) is 2. The number of carbonyl (C=O) groups excluding carboxylic acids is 2. The van der Waals surface area contributed by atoms with Crippen LogP contribution in [0.25, 0.3) is 0 Å². The Morgan fingerprint density at radius 1 is 1.00 bits per heavy atom. The Labute approximate surface area is 189 Å². The van der Waals surface area contributed by atoms with Crippen molar-refractivity contribution >= 4 is 29.1 Å². The number of piperidine rings is 2. The fourth-order valence-corrected chi connectivity index (χ4v) is 5.13. The molecule has 0 spiro atoms. The lowest BCUT2D eigenvalue weighted by molar-refractivity contribution is -0.124. The third-order valence-electron chi connectivity index (χ3n) is 6.45. The summed E-state index contributed by atoms with van der Waals surface area (Å²) in [5, 5.41) is 6.73. The first-order valence-corrected chi connectivity index (χ1v) is 11.5. The molecule has 0 saturated carbocycles. The Morgan fingerprint density at radius 2 is 1.68 bits per heavy atom. The van der Waals surface area contributed by atoms with Crippen LogP contribution in [-0.2, 0) is 16.0 Å². The number of anilines is 1. The third kappa shape index (κ3) is 5.66. The van der Waals surface area contributed by atoms with E-state index in [0.717, 1.165) is 31.2 Å². The van der Waals surface area contributed by atoms with Crippen molar-refractivity contribution in [3.8, 4) is 0 Å². The van der Waals surface area contributed by atoms with E-state index in [1.165, 1.54) is 12.0 Å². The SMILES string of the molecule is Cc1ccc(CC(=O)NC2CC3CCCC(C2)N3CC(=O)Nc2ccccc2Cl)cc1. The summed E-state index contributed by atoms with van der Waals surface area (Å²) in [6, 6.07) is 16.3. The first kappa shape index (κ1) is 21.8. The van der Waals surface area contributed by atoms with Gasteiger partial charge in [-0.15, -0.1) is 0 Å². The topological polar surface area (TPSA) is 61.4 Å². The highest BCUT2D eigenvalue weighted by molar-refractivity contribution is 6.33. The van der Waals surface area contributed by atoms with Crippen molar-refractivity contribution < 1.29 is 9.59 Å². The summed E-state index contributed by atoms with van der Waals surface area (Å²) in [6.07, 6.45) is 5.53. The van der Waals surface area contributed by atoms with Crippen LogP contribution in [0.2, 0.25) is 5.02 Å². The standard InChI is InChI=1S/C25H30ClN3O2/c1-17-9-11-18(12-10-17)13-24(30)27-19-14-20-5-4-6-21(15-19)29(20)16-25(31)28-23-8-3-2-7-22(23)26/h2-3,7-12,19-21H,4-6,13-16H2,1H3,(H,27,30)(H,28,31). The molecule has 2 bridgehead atoms. The summed E-state index contributed by atoms with van der Waals surface area (Å²) in [4.78, 5) is 27.6. The molecule has 2 N–H and O–H groups in total. The van der Waals surface area contributed by atoms with Gasteiger partial charge in [0.25, 0.3) is 0 Å². The zero-order chi connectivity index (χ0) is 21.8. The van der Waals surface area contributed by atoms with Gasteiger partial charge in [0.15, 0.2) is 0 Å². The van der Waals surface area contributed by atoms with Crippen molar-refractivity contribution in [2.75, 3.05) is 11.9 Å². The van der Waals surface area contributed by atoms with Gasteiger partial charge in [-0.3, -0.25) is 14.5 Å². The normalized spacial score (nSPS) is 23.2. The maximum Gasteiger partial charge on any atom is 0.238 e. The Kier molecular flexibility index (Phi) is 6.93. The highest BCUT2D eigenvalue weighted by Crippen LogP contribution is 2.34. The Hall–Kier alpha value is -2.37. The first-order valence-electron chi connectivity index (χ1n) is 11.1. The smallest absolute Gasteiger partial charge is 0.238 e. The molecule has 0 aromatic heterocycles. The molecule has 4 rings (SSSR count). The average Bonchev–Trinajstić information content (AvgIpc) is 2.72. The van der Waals surface area contributed by atoms with Crippen molar-refractivity contribution in [2.45, 2.75) is 63.6 Å². The van der Waals surface area contributed by atoms with Crippen LogP contribution < -0.4 is 10.6 Å². The van der Waals surface area contributed by atoms with Crippen molar-refractivity contribution in [3.05, 3.63) is 64.7 Å². The summed E-state index contributed by atoms with van der Waals surface area (Å²) >= 11 is 6.17. The number of halogens is 1. The molecule has 2 aliphatic heterocycles. The van der Waals surface area contributed by atoms with Crippen LogP contribution in [0.5, 0.6) is 0 Å².